The van der Waals surface area contributed by atoms with Crippen molar-refractivity contribution in [3.63, 3.8) is 0 Å². The zero-order chi connectivity index (χ0) is 19.6. The molecule has 4 heteroatoms. The van der Waals surface area contributed by atoms with E-state index in [2.05, 4.69) is 19.2 Å². The first-order valence-electron chi connectivity index (χ1n) is 8.84. The lowest BCUT2D eigenvalue weighted by Crippen LogP contribution is -2.09. The fourth-order valence-electron chi connectivity index (χ4n) is 3.32. The third-order valence-corrected chi connectivity index (χ3v) is 4.68. The topological polar surface area (TPSA) is 52.6 Å². The van der Waals surface area contributed by atoms with E-state index in [-0.39, 0.29) is 6.10 Å². The Balaban J connectivity index is 1.91. The average Bonchev–Trinajstić information content (AvgIpc) is 3.06. The Bertz CT molecular complexity index is 939. The van der Waals surface area contributed by atoms with Crippen LogP contribution in [0.2, 0.25) is 0 Å². The fourth-order valence-corrected chi connectivity index (χ4v) is 3.32. The molecule has 0 aliphatic heterocycles. The maximum absolute atomic E-state index is 11.8. The summed E-state index contributed by atoms with van der Waals surface area (Å²) in [5.41, 5.74) is 5.59. The molecule has 27 heavy (non-hydrogen) atoms. The number of aryl methyl sites for hydroxylation is 1. The van der Waals surface area contributed by atoms with Crippen molar-refractivity contribution in [2.24, 2.45) is 0 Å². The number of hydrogen-bond acceptors (Lipinski definition) is 4. The molecule has 2 aromatic rings. The molecule has 0 bridgehead atoms. The number of fused-ring (bicyclic) bond motifs is 1. The van der Waals surface area contributed by atoms with Crippen LogP contribution in [0.5, 0.6) is 5.75 Å². The average molecular weight is 362 g/mol. The van der Waals surface area contributed by atoms with Crippen molar-refractivity contribution < 1.29 is 19.1 Å². The number of rotatable bonds is 5. The maximum Gasteiger partial charge on any atom is 0.338 e. The normalized spacial score (nSPS) is 15.0. The molecule has 0 saturated carbocycles. The number of hydrogen-bond donors (Lipinski definition) is 0. The van der Waals surface area contributed by atoms with Gasteiger partial charge in [-0.3, -0.25) is 0 Å². The highest BCUT2D eigenvalue weighted by molar-refractivity contribution is 5.89. The highest BCUT2D eigenvalue weighted by atomic mass is 16.5. The molecule has 1 aliphatic rings. The summed E-state index contributed by atoms with van der Waals surface area (Å²) >= 11 is 0. The van der Waals surface area contributed by atoms with Gasteiger partial charge in [0.1, 0.15) is 11.9 Å². The van der Waals surface area contributed by atoms with Crippen molar-refractivity contribution in [3.05, 3.63) is 77.9 Å². The molecule has 3 rings (SSSR count). The van der Waals surface area contributed by atoms with E-state index >= 15 is 0 Å². The van der Waals surface area contributed by atoms with Gasteiger partial charge in [-0.05, 0) is 66.6 Å². The molecule has 0 amide bonds. The zero-order valence-corrected chi connectivity index (χ0v) is 15.6. The van der Waals surface area contributed by atoms with Gasteiger partial charge in [0.05, 0.1) is 0 Å². The Labute approximate surface area is 159 Å². The molecular formula is C23H22O4. The van der Waals surface area contributed by atoms with E-state index < -0.39 is 11.9 Å². The van der Waals surface area contributed by atoms with Gasteiger partial charge in [0.2, 0.25) is 0 Å². The SMILES string of the molecule is C=CC(=O)OC1CCc2c(-c3ccc(OC(=O)C(=C)C)c(C)c3)cccc21. The second-order valence-electron chi connectivity index (χ2n) is 6.69. The molecule has 0 spiro atoms. The Morgan fingerprint density at radius 2 is 2.00 bits per heavy atom. The van der Waals surface area contributed by atoms with Gasteiger partial charge in [0, 0.05) is 11.6 Å². The first kappa shape index (κ1) is 18.6. The summed E-state index contributed by atoms with van der Waals surface area (Å²) in [6, 6.07) is 11.8. The Hall–Kier alpha value is -3.14. The standard InChI is InChI=1S/C23H22O4/c1-5-22(24)26-21-12-10-18-17(7-6-8-19(18)21)16-9-11-20(15(4)13-16)27-23(25)14(2)3/h5-9,11,13,21H,1-2,10,12H2,3-4H3. The first-order chi connectivity index (χ1) is 12.9. The van der Waals surface area contributed by atoms with Gasteiger partial charge in [-0.2, -0.15) is 0 Å². The van der Waals surface area contributed by atoms with Crippen LogP contribution in [0.4, 0.5) is 0 Å². The van der Waals surface area contributed by atoms with E-state index in [1.807, 2.05) is 31.2 Å². The highest BCUT2D eigenvalue weighted by Crippen LogP contribution is 2.40. The van der Waals surface area contributed by atoms with Crippen LogP contribution >= 0.6 is 0 Å². The number of esters is 2. The molecule has 0 aromatic heterocycles. The molecule has 0 N–H and O–H groups in total. The monoisotopic (exact) mass is 362 g/mol. The smallest absolute Gasteiger partial charge is 0.338 e. The molecule has 2 aromatic carbocycles. The number of ether oxygens (including phenoxy) is 2. The van der Waals surface area contributed by atoms with Crippen molar-refractivity contribution in [2.75, 3.05) is 0 Å². The molecule has 1 unspecified atom stereocenters. The summed E-state index contributed by atoms with van der Waals surface area (Å²) in [5.74, 6) is -0.312. The van der Waals surface area contributed by atoms with Gasteiger partial charge in [0.25, 0.3) is 0 Å². The van der Waals surface area contributed by atoms with E-state index in [9.17, 15) is 9.59 Å². The lowest BCUT2D eigenvalue weighted by molar-refractivity contribution is -0.143. The zero-order valence-electron chi connectivity index (χ0n) is 15.6. The van der Waals surface area contributed by atoms with Crippen LogP contribution in [0.25, 0.3) is 11.1 Å². The van der Waals surface area contributed by atoms with Gasteiger partial charge in [-0.1, -0.05) is 37.4 Å². The van der Waals surface area contributed by atoms with E-state index in [1.165, 1.54) is 11.6 Å². The quantitative estimate of drug-likeness (QED) is 0.433. The summed E-state index contributed by atoms with van der Waals surface area (Å²) < 4.78 is 10.8. The van der Waals surface area contributed by atoms with E-state index in [1.54, 1.807) is 13.0 Å². The van der Waals surface area contributed by atoms with Crippen molar-refractivity contribution in [1.29, 1.82) is 0 Å². The molecule has 138 valence electrons. The van der Waals surface area contributed by atoms with Crippen molar-refractivity contribution >= 4 is 11.9 Å². The van der Waals surface area contributed by atoms with Crippen LogP contribution in [-0.4, -0.2) is 11.9 Å². The Morgan fingerprint density at radius 3 is 2.67 bits per heavy atom. The number of benzene rings is 2. The largest absolute Gasteiger partial charge is 0.454 e. The van der Waals surface area contributed by atoms with Gasteiger partial charge >= 0.3 is 11.9 Å². The molecule has 0 radical (unpaired) electrons. The minimum atomic E-state index is -0.432. The van der Waals surface area contributed by atoms with Gasteiger partial charge in [-0.15, -0.1) is 0 Å². The molecule has 0 fully saturated rings. The number of carbonyl (C=O) groups excluding carboxylic acids is 2. The lowest BCUT2D eigenvalue weighted by Gasteiger charge is -2.14. The predicted molar refractivity (Wildman–Crippen MR) is 104 cm³/mol. The molecule has 4 nitrogen and oxygen atoms in total. The summed E-state index contributed by atoms with van der Waals surface area (Å²) in [4.78, 5) is 23.3. The molecular weight excluding hydrogens is 340 g/mol. The van der Waals surface area contributed by atoms with Crippen LogP contribution in [0, 0.1) is 6.92 Å². The lowest BCUT2D eigenvalue weighted by atomic mass is 9.95. The Kier molecular flexibility index (Phi) is 5.26. The van der Waals surface area contributed by atoms with Crippen molar-refractivity contribution in [2.45, 2.75) is 32.8 Å². The third-order valence-electron chi connectivity index (χ3n) is 4.68. The molecule has 0 heterocycles. The molecule has 1 aliphatic carbocycles. The van der Waals surface area contributed by atoms with Gasteiger partial charge in [-0.25, -0.2) is 9.59 Å². The Morgan fingerprint density at radius 1 is 1.22 bits per heavy atom. The maximum atomic E-state index is 11.8. The summed E-state index contributed by atoms with van der Waals surface area (Å²) in [6.07, 6.45) is 2.56. The van der Waals surface area contributed by atoms with E-state index in [4.69, 9.17) is 9.47 Å². The fraction of sp³-hybridized carbons (Fsp3) is 0.217. The van der Waals surface area contributed by atoms with E-state index in [0.717, 1.165) is 35.1 Å². The van der Waals surface area contributed by atoms with Crippen LogP contribution in [0.1, 0.15) is 36.1 Å². The van der Waals surface area contributed by atoms with Crippen LogP contribution in [0.3, 0.4) is 0 Å². The van der Waals surface area contributed by atoms with Gasteiger partial charge < -0.3 is 9.47 Å². The predicted octanol–water partition coefficient (Wildman–Crippen LogP) is 4.86. The second-order valence-corrected chi connectivity index (χ2v) is 6.69. The summed E-state index contributed by atoms with van der Waals surface area (Å²) in [5, 5.41) is 0. The summed E-state index contributed by atoms with van der Waals surface area (Å²) in [7, 11) is 0. The third kappa shape index (κ3) is 3.85. The van der Waals surface area contributed by atoms with E-state index in [0.29, 0.717) is 11.3 Å². The molecule has 1 atom stereocenters. The minimum Gasteiger partial charge on any atom is -0.454 e. The van der Waals surface area contributed by atoms with Crippen LogP contribution in [0.15, 0.2) is 61.2 Å². The van der Waals surface area contributed by atoms with Crippen molar-refractivity contribution in [3.8, 4) is 16.9 Å². The summed E-state index contributed by atoms with van der Waals surface area (Å²) in [6.45, 7) is 10.6. The molecule has 0 saturated heterocycles. The first-order valence-corrected chi connectivity index (χ1v) is 8.84. The van der Waals surface area contributed by atoms with Gasteiger partial charge in [0.15, 0.2) is 0 Å². The van der Waals surface area contributed by atoms with Crippen LogP contribution in [-0.2, 0) is 20.7 Å². The van der Waals surface area contributed by atoms with Crippen LogP contribution < -0.4 is 4.74 Å². The second kappa shape index (κ2) is 7.62. The highest BCUT2D eigenvalue weighted by Gasteiger charge is 2.27. The minimum absolute atomic E-state index is 0.234. The van der Waals surface area contributed by atoms with Crippen molar-refractivity contribution in [1.82, 2.24) is 0 Å². The number of carbonyl (C=O) groups is 2.